The Balaban J connectivity index is 1.46. The van der Waals surface area contributed by atoms with Gasteiger partial charge in [-0.05, 0) is 29.8 Å². The van der Waals surface area contributed by atoms with Gasteiger partial charge in [-0.25, -0.2) is 9.97 Å². The summed E-state index contributed by atoms with van der Waals surface area (Å²) in [6.45, 7) is 0.364. The monoisotopic (exact) mass is 444 g/mol. The van der Waals surface area contributed by atoms with E-state index >= 15 is 0 Å². The predicted octanol–water partition coefficient (Wildman–Crippen LogP) is 3.93. The number of halogens is 2. The Morgan fingerprint density at radius 2 is 1.97 bits per heavy atom. The van der Waals surface area contributed by atoms with Gasteiger partial charge in [0.15, 0.2) is 11.2 Å². The summed E-state index contributed by atoms with van der Waals surface area (Å²) in [6, 6.07) is 14.6. The number of benzene rings is 2. The smallest absolute Gasteiger partial charge is 0.230 e. The van der Waals surface area contributed by atoms with Gasteiger partial charge in [0.25, 0.3) is 0 Å². The summed E-state index contributed by atoms with van der Waals surface area (Å²) in [5, 5.41) is 13.0. The lowest BCUT2D eigenvalue weighted by molar-refractivity contribution is -0.118. The first-order chi connectivity index (χ1) is 14.1. The SMILES string of the molecule is O=C(CSc1ncnc2c1nnn2-c1cccc(Cl)c1)NCc1ccccc1Cl. The molecular weight excluding hydrogens is 431 g/mol. The van der Waals surface area contributed by atoms with Crippen LogP contribution in [0.3, 0.4) is 0 Å². The van der Waals surface area contributed by atoms with Crippen LogP contribution in [0.2, 0.25) is 10.0 Å². The second-order valence-electron chi connectivity index (χ2n) is 5.99. The highest BCUT2D eigenvalue weighted by atomic mass is 35.5. The third kappa shape index (κ3) is 4.50. The van der Waals surface area contributed by atoms with Crippen LogP contribution in [0.25, 0.3) is 16.9 Å². The van der Waals surface area contributed by atoms with E-state index in [-0.39, 0.29) is 11.7 Å². The van der Waals surface area contributed by atoms with Crippen LogP contribution < -0.4 is 5.32 Å². The molecule has 1 amide bonds. The third-order valence-electron chi connectivity index (χ3n) is 4.03. The minimum atomic E-state index is -0.135. The van der Waals surface area contributed by atoms with Crippen LogP contribution >= 0.6 is 35.0 Å². The molecule has 0 fully saturated rings. The number of rotatable bonds is 6. The maximum absolute atomic E-state index is 12.2. The van der Waals surface area contributed by atoms with Crippen LogP contribution in [0.15, 0.2) is 59.9 Å². The molecule has 0 saturated heterocycles. The fourth-order valence-electron chi connectivity index (χ4n) is 2.64. The molecule has 4 rings (SSSR count). The van der Waals surface area contributed by atoms with Gasteiger partial charge in [0.1, 0.15) is 11.4 Å². The highest BCUT2D eigenvalue weighted by molar-refractivity contribution is 8.00. The van der Waals surface area contributed by atoms with Crippen LogP contribution in [0, 0.1) is 0 Å². The van der Waals surface area contributed by atoms with E-state index in [1.54, 1.807) is 22.9 Å². The fraction of sp³-hybridized carbons (Fsp3) is 0.105. The first-order valence-corrected chi connectivity index (χ1v) is 10.3. The largest absolute Gasteiger partial charge is 0.351 e. The molecule has 2 aromatic carbocycles. The number of fused-ring (bicyclic) bond motifs is 1. The maximum Gasteiger partial charge on any atom is 0.230 e. The van der Waals surface area contributed by atoms with Crippen molar-refractivity contribution < 1.29 is 4.79 Å². The number of nitrogens with one attached hydrogen (secondary N) is 1. The number of hydrogen-bond donors (Lipinski definition) is 1. The highest BCUT2D eigenvalue weighted by Gasteiger charge is 2.15. The third-order valence-corrected chi connectivity index (χ3v) is 5.61. The Hall–Kier alpha value is -2.68. The second kappa shape index (κ2) is 8.77. The molecule has 0 aliphatic carbocycles. The second-order valence-corrected chi connectivity index (χ2v) is 7.80. The Labute approximate surface area is 180 Å². The van der Waals surface area contributed by atoms with Crippen LogP contribution in [0.5, 0.6) is 0 Å². The van der Waals surface area contributed by atoms with Gasteiger partial charge in [-0.15, -0.1) is 5.10 Å². The standard InChI is InChI=1S/C19H14Cl2N6OS/c20-13-5-3-6-14(8-13)27-18-17(25-26-27)19(24-11-23-18)29-10-16(28)22-9-12-4-1-2-7-15(12)21/h1-8,11H,9-10H2,(H,22,28). The van der Waals surface area contributed by atoms with Crippen molar-refractivity contribution in [1.82, 2.24) is 30.3 Å². The molecule has 0 unspecified atom stereocenters. The van der Waals surface area contributed by atoms with Crippen LogP contribution in [-0.2, 0) is 11.3 Å². The van der Waals surface area contributed by atoms with Crippen LogP contribution in [-0.4, -0.2) is 36.6 Å². The van der Waals surface area contributed by atoms with Gasteiger partial charge in [-0.2, -0.15) is 4.68 Å². The Bertz CT molecular complexity index is 1180. The molecule has 7 nitrogen and oxygen atoms in total. The molecule has 2 heterocycles. The van der Waals surface area contributed by atoms with E-state index in [1.165, 1.54) is 18.1 Å². The molecular formula is C19H14Cl2N6OS. The van der Waals surface area contributed by atoms with Gasteiger partial charge < -0.3 is 5.32 Å². The molecule has 2 aromatic heterocycles. The van der Waals surface area contributed by atoms with Gasteiger partial charge >= 0.3 is 0 Å². The number of hydrogen-bond acceptors (Lipinski definition) is 6. The normalized spacial score (nSPS) is 11.0. The molecule has 0 saturated carbocycles. The van der Waals surface area contributed by atoms with Crippen molar-refractivity contribution in [3.63, 3.8) is 0 Å². The van der Waals surface area contributed by atoms with Crippen LogP contribution in [0.1, 0.15) is 5.56 Å². The van der Waals surface area contributed by atoms with Crippen molar-refractivity contribution in [2.75, 3.05) is 5.75 Å². The molecule has 29 heavy (non-hydrogen) atoms. The zero-order chi connectivity index (χ0) is 20.2. The molecule has 0 bridgehead atoms. The molecule has 4 aromatic rings. The summed E-state index contributed by atoms with van der Waals surface area (Å²) in [5.41, 5.74) is 2.67. The minimum Gasteiger partial charge on any atom is -0.351 e. The summed E-state index contributed by atoms with van der Waals surface area (Å²) in [5.74, 6) is 0.0459. The van der Waals surface area contributed by atoms with Gasteiger partial charge in [0.05, 0.1) is 11.4 Å². The molecule has 0 aliphatic heterocycles. The van der Waals surface area contributed by atoms with Gasteiger partial charge in [0.2, 0.25) is 5.91 Å². The fourth-order valence-corrected chi connectivity index (χ4v) is 3.78. The minimum absolute atomic E-state index is 0.135. The number of aromatic nitrogens is 5. The summed E-state index contributed by atoms with van der Waals surface area (Å²) in [4.78, 5) is 20.7. The summed E-state index contributed by atoms with van der Waals surface area (Å²) >= 11 is 13.4. The van der Waals surface area contributed by atoms with Gasteiger partial charge in [-0.3, -0.25) is 4.79 Å². The van der Waals surface area contributed by atoms with E-state index in [0.717, 1.165) is 11.3 Å². The predicted molar refractivity (Wildman–Crippen MR) is 113 cm³/mol. The zero-order valence-corrected chi connectivity index (χ0v) is 17.2. The molecule has 1 N–H and O–H groups in total. The number of amides is 1. The van der Waals surface area contributed by atoms with Crippen molar-refractivity contribution in [3.05, 3.63) is 70.5 Å². The molecule has 0 aliphatic rings. The molecule has 146 valence electrons. The molecule has 10 heteroatoms. The van der Waals surface area contributed by atoms with E-state index in [0.29, 0.717) is 32.8 Å². The van der Waals surface area contributed by atoms with Crippen molar-refractivity contribution in [3.8, 4) is 5.69 Å². The first-order valence-electron chi connectivity index (χ1n) is 8.57. The Morgan fingerprint density at radius 1 is 1.10 bits per heavy atom. The van der Waals surface area contributed by atoms with Crippen molar-refractivity contribution in [2.24, 2.45) is 0 Å². The molecule has 0 radical (unpaired) electrons. The Kier molecular flexibility index (Phi) is 5.94. The van der Waals surface area contributed by atoms with Crippen LogP contribution in [0.4, 0.5) is 0 Å². The lowest BCUT2D eigenvalue weighted by Gasteiger charge is -2.07. The molecule has 0 spiro atoms. The Morgan fingerprint density at radius 3 is 2.79 bits per heavy atom. The average Bonchev–Trinajstić information content (AvgIpc) is 3.16. The molecule has 0 atom stereocenters. The van der Waals surface area contributed by atoms with Gasteiger partial charge in [-0.1, -0.05) is 64.4 Å². The zero-order valence-electron chi connectivity index (χ0n) is 14.9. The van der Waals surface area contributed by atoms with Crippen molar-refractivity contribution >= 4 is 52.0 Å². The van der Waals surface area contributed by atoms with Gasteiger partial charge in [0, 0.05) is 16.6 Å². The van der Waals surface area contributed by atoms with E-state index in [9.17, 15) is 4.79 Å². The quantitative estimate of drug-likeness (QED) is 0.358. The van der Waals surface area contributed by atoms with E-state index in [1.807, 2.05) is 30.3 Å². The highest BCUT2D eigenvalue weighted by Crippen LogP contribution is 2.24. The number of thioether (sulfide) groups is 1. The number of nitrogens with zero attached hydrogens (tertiary/aromatic N) is 5. The summed E-state index contributed by atoms with van der Waals surface area (Å²) in [7, 11) is 0. The maximum atomic E-state index is 12.2. The topological polar surface area (TPSA) is 85.6 Å². The van der Waals surface area contributed by atoms with E-state index < -0.39 is 0 Å². The lowest BCUT2D eigenvalue weighted by Crippen LogP contribution is -2.24. The van der Waals surface area contributed by atoms with Crippen molar-refractivity contribution in [1.29, 1.82) is 0 Å². The first kappa shape index (κ1) is 19.6. The summed E-state index contributed by atoms with van der Waals surface area (Å²) in [6.07, 6.45) is 1.43. The average molecular weight is 445 g/mol. The van der Waals surface area contributed by atoms with E-state index in [4.69, 9.17) is 23.2 Å². The number of carbonyl (C=O) groups is 1. The lowest BCUT2D eigenvalue weighted by atomic mass is 10.2. The summed E-state index contributed by atoms with van der Waals surface area (Å²) < 4.78 is 1.59. The van der Waals surface area contributed by atoms with Crippen molar-refractivity contribution in [2.45, 2.75) is 11.6 Å². The van der Waals surface area contributed by atoms with E-state index in [2.05, 4.69) is 25.6 Å². The number of carbonyl (C=O) groups excluding carboxylic acids is 1.